The molecule has 1 aliphatic rings. The zero-order valence-electron chi connectivity index (χ0n) is 22.3. The summed E-state index contributed by atoms with van der Waals surface area (Å²) in [4.78, 5) is 17.1. The molecule has 0 aliphatic carbocycles. The van der Waals surface area contributed by atoms with Gasteiger partial charge in [0.2, 0.25) is 0 Å². The third-order valence-corrected chi connectivity index (χ3v) is 8.13. The fourth-order valence-electron chi connectivity index (χ4n) is 5.12. The number of hydrogen-bond donors (Lipinski definition) is 1. The number of aromatic nitrogens is 3. The predicted octanol–water partition coefficient (Wildman–Crippen LogP) is 6.90. The van der Waals surface area contributed by atoms with Gasteiger partial charge >= 0.3 is 0 Å². The number of hydrogen-bond acceptors (Lipinski definition) is 7. The summed E-state index contributed by atoms with van der Waals surface area (Å²) in [5, 5.41) is 15.7. The summed E-state index contributed by atoms with van der Waals surface area (Å²) in [6, 6.07) is 11.4. The van der Waals surface area contributed by atoms with E-state index in [9.17, 15) is 14.5 Å². The number of ether oxygens (including phenoxy) is 1. The molecule has 0 bridgehead atoms. The highest BCUT2D eigenvalue weighted by atomic mass is 35.5. The van der Waals surface area contributed by atoms with Gasteiger partial charge in [0, 0.05) is 65.9 Å². The maximum Gasteiger partial charge on any atom is 0.269 e. The van der Waals surface area contributed by atoms with Gasteiger partial charge in [-0.15, -0.1) is 0 Å². The molecule has 1 fully saturated rings. The third kappa shape index (κ3) is 6.45. The van der Waals surface area contributed by atoms with Gasteiger partial charge in [0.15, 0.2) is 11.6 Å². The number of halogens is 3. The molecule has 2 N–H and O–H groups in total. The minimum absolute atomic E-state index is 0.0964. The lowest BCUT2D eigenvalue weighted by molar-refractivity contribution is -0.384. The molecule has 0 amide bonds. The van der Waals surface area contributed by atoms with Gasteiger partial charge in [0.1, 0.15) is 11.9 Å². The van der Waals surface area contributed by atoms with Crippen LogP contribution in [0, 0.1) is 15.9 Å². The van der Waals surface area contributed by atoms with E-state index in [4.69, 9.17) is 33.7 Å². The van der Waals surface area contributed by atoms with Crippen molar-refractivity contribution >= 4 is 34.7 Å². The second kappa shape index (κ2) is 12.4. The standard InChI is InChI=1S/C29H29Cl2FN6O3/c1-18(26-24(30)6-7-25(32)27(26)31)41-28-23(8-12-34-29(28)33)20-16-35-37(17-20)21-10-14-36(15-11-21)13-9-19-2-4-22(5-3-19)38(39)40/h2-8,12,16-18,21H,9-11,13-15H2,1H3,(H2,33,34)/t18-/m1/s1. The molecule has 1 atom stereocenters. The number of nitro benzene ring substituents is 1. The molecule has 12 heteroatoms. The molecule has 41 heavy (non-hydrogen) atoms. The lowest BCUT2D eigenvalue weighted by Crippen LogP contribution is -2.36. The number of non-ortho nitro benzene ring substituents is 1. The molecular weight excluding hydrogens is 570 g/mol. The molecule has 214 valence electrons. The van der Waals surface area contributed by atoms with Gasteiger partial charge in [0.05, 0.1) is 22.2 Å². The number of pyridine rings is 1. The van der Waals surface area contributed by atoms with Gasteiger partial charge in [-0.3, -0.25) is 14.8 Å². The summed E-state index contributed by atoms with van der Waals surface area (Å²) in [6.45, 7) is 4.47. The van der Waals surface area contributed by atoms with Gasteiger partial charge in [-0.2, -0.15) is 5.10 Å². The summed E-state index contributed by atoms with van der Waals surface area (Å²) in [5.74, 6) is -0.0522. The van der Waals surface area contributed by atoms with E-state index in [1.807, 2.05) is 23.0 Å². The summed E-state index contributed by atoms with van der Waals surface area (Å²) < 4.78 is 22.3. The largest absolute Gasteiger partial charge is 0.481 e. The average Bonchev–Trinajstić information content (AvgIpc) is 3.46. The molecular formula is C29H29Cl2FN6O3. The zero-order valence-corrected chi connectivity index (χ0v) is 23.9. The number of piperidine rings is 1. The van der Waals surface area contributed by atoms with Crippen molar-refractivity contribution in [1.29, 1.82) is 0 Å². The van der Waals surface area contributed by atoms with E-state index < -0.39 is 11.9 Å². The van der Waals surface area contributed by atoms with Crippen LogP contribution in [0.15, 0.2) is 61.1 Å². The minimum atomic E-state index is -0.693. The van der Waals surface area contributed by atoms with Gasteiger partial charge in [0.25, 0.3) is 5.69 Å². The summed E-state index contributed by atoms with van der Waals surface area (Å²) >= 11 is 12.5. The molecule has 3 heterocycles. The topological polar surface area (TPSA) is 112 Å². The summed E-state index contributed by atoms with van der Waals surface area (Å²) in [6.07, 6.45) is 7.38. The number of anilines is 1. The van der Waals surface area contributed by atoms with Crippen LogP contribution in [0.2, 0.25) is 10.0 Å². The Bertz CT molecular complexity index is 1540. The van der Waals surface area contributed by atoms with Crippen LogP contribution in [0.25, 0.3) is 11.1 Å². The van der Waals surface area contributed by atoms with Crippen molar-refractivity contribution in [3.05, 3.63) is 98.2 Å². The molecule has 0 radical (unpaired) electrons. The fourth-order valence-corrected chi connectivity index (χ4v) is 5.80. The smallest absolute Gasteiger partial charge is 0.269 e. The normalized spacial score (nSPS) is 15.1. The van der Waals surface area contributed by atoms with Crippen molar-refractivity contribution in [2.24, 2.45) is 0 Å². The van der Waals surface area contributed by atoms with E-state index in [2.05, 4.69) is 15.0 Å². The van der Waals surface area contributed by atoms with Crippen molar-refractivity contribution < 1.29 is 14.1 Å². The third-order valence-electron chi connectivity index (χ3n) is 7.42. The highest BCUT2D eigenvalue weighted by Crippen LogP contribution is 2.40. The molecule has 9 nitrogen and oxygen atoms in total. The van der Waals surface area contributed by atoms with E-state index in [0.29, 0.717) is 21.9 Å². The maximum atomic E-state index is 14.1. The van der Waals surface area contributed by atoms with E-state index in [1.54, 1.807) is 37.5 Å². The second-order valence-electron chi connectivity index (χ2n) is 10.0. The first kappa shape index (κ1) is 28.8. The van der Waals surface area contributed by atoms with E-state index >= 15 is 0 Å². The molecule has 1 aliphatic heterocycles. The van der Waals surface area contributed by atoms with Crippen LogP contribution in [-0.2, 0) is 6.42 Å². The van der Waals surface area contributed by atoms with Gasteiger partial charge < -0.3 is 15.4 Å². The van der Waals surface area contributed by atoms with E-state index in [0.717, 1.165) is 50.0 Å². The summed E-state index contributed by atoms with van der Waals surface area (Å²) in [5.41, 5.74) is 9.26. The molecule has 0 spiro atoms. The highest BCUT2D eigenvalue weighted by Gasteiger charge is 2.24. The highest BCUT2D eigenvalue weighted by molar-refractivity contribution is 6.36. The SMILES string of the molecule is C[C@@H](Oc1c(-c2cnn(C3CCN(CCc4ccc([N+](=O)[O-])cc4)CC3)c2)ccnc1N)c1c(Cl)ccc(F)c1Cl. The van der Waals surface area contributed by atoms with Crippen molar-refractivity contribution in [3.8, 4) is 16.9 Å². The Morgan fingerprint density at radius 2 is 1.90 bits per heavy atom. The Hall–Kier alpha value is -3.73. The second-order valence-corrected chi connectivity index (χ2v) is 10.8. The number of nitrogens with zero attached hydrogens (tertiary/aromatic N) is 5. The van der Waals surface area contributed by atoms with Crippen LogP contribution in [0.4, 0.5) is 15.9 Å². The maximum absolute atomic E-state index is 14.1. The van der Waals surface area contributed by atoms with Crippen molar-refractivity contribution in [3.63, 3.8) is 0 Å². The lowest BCUT2D eigenvalue weighted by atomic mass is 10.0. The minimum Gasteiger partial charge on any atom is -0.481 e. The average molecular weight is 599 g/mol. The lowest BCUT2D eigenvalue weighted by Gasteiger charge is -2.32. The van der Waals surface area contributed by atoms with Crippen LogP contribution < -0.4 is 10.5 Å². The van der Waals surface area contributed by atoms with Crippen molar-refractivity contribution in [2.75, 3.05) is 25.4 Å². The Morgan fingerprint density at radius 3 is 2.61 bits per heavy atom. The number of nitro groups is 1. The monoisotopic (exact) mass is 598 g/mol. The number of nitrogen functional groups attached to an aromatic ring is 1. The number of benzene rings is 2. The number of rotatable bonds is 9. The van der Waals surface area contributed by atoms with Gasteiger partial charge in [-0.1, -0.05) is 35.3 Å². The molecule has 0 saturated carbocycles. The zero-order chi connectivity index (χ0) is 29.1. The van der Waals surface area contributed by atoms with Crippen LogP contribution in [0.1, 0.15) is 43.0 Å². The van der Waals surface area contributed by atoms with Crippen LogP contribution in [0.5, 0.6) is 5.75 Å². The quantitative estimate of drug-likeness (QED) is 0.127. The first-order chi connectivity index (χ1) is 19.7. The van der Waals surface area contributed by atoms with E-state index in [-0.39, 0.29) is 27.5 Å². The summed E-state index contributed by atoms with van der Waals surface area (Å²) in [7, 11) is 0. The van der Waals surface area contributed by atoms with Crippen LogP contribution in [-0.4, -0.2) is 44.2 Å². The molecule has 1 saturated heterocycles. The van der Waals surface area contributed by atoms with Crippen molar-refractivity contribution in [1.82, 2.24) is 19.7 Å². The molecule has 4 aromatic rings. The molecule has 5 rings (SSSR count). The number of likely N-dealkylation sites (tertiary alicyclic amines) is 1. The fraction of sp³-hybridized carbons (Fsp3) is 0.310. The molecule has 2 aromatic carbocycles. The van der Waals surface area contributed by atoms with Crippen LogP contribution in [0.3, 0.4) is 0 Å². The first-order valence-electron chi connectivity index (χ1n) is 13.3. The molecule has 2 aromatic heterocycles. The van der Waals surface area contributed by atoms with E-state index in [1.165, 1.54) is 12.1 Å². The van der Waals surface area contributed by atoms with Gasteiger partial charge in [-0.25, -0.2) is 9.37 Å². The Morgan fingerprint density at radius 1 is 1.17 bits per heavy atom. The first-order valence-corrected chi connectivity index (χ1v) is 14.0. The Kier molecular flexibility index (Phi) is 8.72. The number of nitrogens with two attached hydrogens (primary N) is 1. The predicted molar refractivity (Wildman–Crippen MR) is 157 cm³/mol. The molecule has 0 unspecified atom stereocenters. The van der Waals surface area contributed by atoms with Crippen LogP contribution >= 0.6 is 23.2 Å². The van der Waals surface area contributed by atoms with Gasteiger partial charge in [-0.05, 0) is 49.9 Å². The van der Waals surface area contributed by atoms with Crippen molar-refractivity contribution in [2.45, 2.75) is 38.3 Å². The Balaban J connectivity index is 1.24. The Labute approximate surface area is 246 Å².